The van der Waals surface area contributed by atoms with Gasteiger partial charge in [-0.1, -0.05) is 5.16 Å². The van der Waals surface area contributed by atoms with Crippen LogP contribution in [0.3, 0.4) is 0 Å². The van der Waals surface area contributed by atoms with Crippen LogP contribution in [0.15, 0.2) is 10.6 Å². The van der Waals surface area contributed by atoms with Gasteiger partial charge in [0.15, 0.2) is 5.76 Å². The van der Waals surface area contributed by atoms with E-state index in [1.54, 1.807) is 0 Å². The molecule has 2 aromatic heterocycles. The van der Waals surface area contributed by atoms with Crippen molar-refractivity contribution in [2.45, 2.75) is 39.3 Å². The van der Waals surface area contributed by atoms with Gasteiger partial charge in [-0.05, 0) is 33.2 Å². The molecule has 0 spiro atoms. The second kappa shape index (κ2) is 4.77. The SMILES string of the molecule is Cc1cc(C2CCCN2Cc2nnc(C)n2C)on1. The van der Waals surface area contributed by atoms with Crippen molar-refractivity contribution >= 4 is 0 Å². The molecule has 3 heterocycles. The van der Waals surface area contributed by atoms with Crippen LogP contribution in [0.4, 0.5) is 0 Å². The van der Waals surface area contributed by atoms with Gasteiger partial charge in [-0.15, -0.1) is 10.2 Å². The van der Waals surface area contributed by atoms with Gasteiger partial charge in [-0.25, -0.2) is 0 Å². The highest BCUT2D eigenvalue weighted by molar-refractivity contribution is 5.10. The van der Waals surface area contributed by atoms with Crippen molar-refractivity contribution in [1.29, 1.82) is 0 Å². The molecule has 0 saturated carbocycles. The molecule has 1 atom stereocenters. The van der Waals surface area contributed by atoms with E-state index in [1.165, 1.54) is 6.42 Å². The molecule has 6 nitrogen and oxygen atoms in total. The summed E-state index contributed by atoms with van der Waals surface area (Å²) in [5, 5.41) is 12.3. The molecule has 0 N–H and O–H groups in total. The molecule has 0 aromatic carbocycles. The number of aryl methyl sites for hydroxylation is 2. The smallest absolute Gasteiger partial charge is 0.154 e. The average molecular weight is 261 g/mol. The minimum Gasteiger partial charge on any atom is -0.359 e. The molecule has 1 aliphatic heterocycles. The van der Waals surface area contributed by atoms with Gasteiger partial charge >= 0.3 is 0 Å². The molecule has 0 radical (unpaired) electrons. The summed E-state index contributed by atoms with van der Waals surface area (Å²) in [6.07, 6.45) is 2.30. The summed E-state index contributed by atoms with van der Waals surface area (Å²) in [5.74, 6) is 2.91. The summed E-state index contributed by atoms with van der Waals surface area (Å²) < 4.78 is 7.46. The van der Waals surface area contributed by atoms with Crippen LogP contribution in [0.25, 0.3) is 0 Å². The molecule has 1 saturated heterocycles. The Hall–Kier alpha value is -1.69. The summed E-state index contributed by atoms with van der Waals surface area (Å²) in [6, 6.07) is 2.35. The fourth-order valence-electron chi connectivity index (χ4n) is 2.65. The second-order valence-electron chi connectivity index (χ2n) is 5.22. The molecule has 0 aliphatic carbocycles. The lowest BCUT2D eigenvalue weighted by atomic mass is 10.1. The summed E-state index contributed by atoms with van der Waals surface area (Å²) in [7, 11) is 2.01. The Morgan fingerprint density at radius 2 is 2.21 bits per heavy atom. The number of nitrogens with zero attached hydrogens (tertiary/aromatic N) is 5. The summed E-state index contributed by atoms with van der Waals surface area (Å²) in [4.78, 5) is 2.39. The van der Waals surface area contributed by atoms with E-state index in [-0.39, 0.29) is 0 Å². The van der Waals surface area contributed by atoms with E-state index in [2.05, 4.69) is 20.3 Å². The van der Waals surface area contributed by atoms with Crippen LogP contribution in [-0.4, -0.2) is 31.4 Å². The third kappa shape index (κ3) is 2.28. The van der Waals surface area contributed by atoms with Crippen molar-refractivity contribution < 1.29 is 4.52 Å². The number of hydrogen-bond donors (Lipinski definition) is 0. The topological polar surface area (TPSA) is 60.0 Å². The number of aromatic nitrogens is 4. The molecule has 1 fully saturated rings. The monoisotopic (exact) mass is 261 g/mol. The first-order valence-electron chi connectivity index (χ1n) is 6.67. The maximum atomic E-state index is 5.42. The number of likely N-dealkylation sites (tertiary alicyclic amines) is 1. The maximum absolute atomic E-state index is 5.42. The van der Waals surface area contributed by atoms with Crippen molar-refractivity contribution in [3.8, 4) is 0 Å². The number of hydrogen-bond acceptors (Lipinski definition) is 5. The van der Waals surface area contributed by atoms with Gasteiger partial charge < -0.3 is 9.09 Å². The van der Waals surface area contributed by atoms with Crippen LogP contribution < -0.4 is 0 Å². The number of rotatable bonds is 3. The molecule has 6 heteroatoms. The Balaban J connectivity index is 1.78. The molecule has 0 bridgehead atoms. The van der Waals surface area contributed by atoms with Gasteiger partial charge in [0, 0.05) is 13.1 Å². The largest absolute Gasteiger partial charge is 0.359 e. The zero-order chi connectivity index (χ0) is 13.4. The normalized spacial score (nSPS) is 20.3. The third-order valence-corrected chi connectivity index (χ3v) is 3.87. The molecule has 2 aromatic rings. The van der Waals surface area contributed by atoms with E-state index in [0.717, 1.165) is 42.6 Å². The first-order valence-corrected chi connectivity index (χ1v) is 6.67. The van der Waals surface area contributed by atoms with E-state index in [4.69, 9.17) is 4.52 Å². The van der Waals surface area contributed by atoms with Crippen LogP contribution >= 0.6 is 0 Å². The van der Waals surface area contributed by atoms with Crippen molar-refractivity contribution in [2.75, 3.05) is 6.54 Å². The predicted molar refractivity (Wildman–Crippen MR) is 69.4 cm³/mol. The fourth-order valence-corrected chi connectivity index (χ4v) is 2.65. The van der Waals surface area contributed by atoms with E-state index in [1.807, 2.05) is 31.5 Å². The van der Waals surface area contributed by atoms with Gasteiger partial charge in [-0.2, -0.15) is 0 Å². The van der Waals surface area contributed by atoms with E-state index in [0.29, 0.717) is 6.04 Å². The molecular weight excluding hydrogens is 242 g/mol. The second-order valence-corrected chi connectivity index (χ2v) is 5.22. The van der Waals surface area contributed by atoms with E-state index >= 15 is 0 Å². The third-order valence-electron chi connectivity index (χ3n) is 3.87. The van der Waals surface area contributed by atoms with E-state index in [9.17, 15) is 0 Å². The first-order chi connectivity index (χ1) is 9.15. The Bertz CT molecular complexity index is 573. The molecule has 0 amide bonds. The summed E-state index contributed by atoms with van der Waals surface area (Å²) in [5.41, 5.74) is 0.941. The van der Waals surface area contributed by atoms with Gasteiger partial charge in [0.25, 0.3) is 0 Å². The zero-order valence-electron chi connectivity index (χ0n) is 11.6. The quantitative estimate of drug-likeness (QED) is 0.842. The van der Waals surface area contributed by atoms with Crippen LogP contribution in [0.5, 0.6) is 0 Å². The van der Waals surface area contributed by atoms with Crippen molar-refractivity contribution in [1.82, 2.24) is 24.8 Å². The zero-order valence-corrected chi connectivity index (χ0v) is 11.6. The molecule has 1 aliphatic rings. The Morgan fingerprint density at radius 3 is 2.84 bits per heavy atom. The van der Waals surface area contributed by atoms with Crippen LogP contribution in [0, 0.1) is 13.8 Å². The highest BCUT2D eigenvalue weighted by Crippen LogP contribution is 2.33. The van der Waals surface area contributed by atoms with Gasteiger partial charge in [0.1, 0.15) is 11.6 Å². The lowest BCUT2D eigenvalue weighted by Crippen LogP contribution is -2.24. The summed E-state index contributed by atoms with van der Waals surface area (Å²) >= 11 is 0. The predicted octanol–water partition coefficient (Wildman–Crippen LogP) is 1.76. The Morgan fingerprint density at radius 1 is 1.37 bits per heavy atom. The van der Waals surface area contributed by atoms with Crippen molar-refractivity contribution in [3.05, 3.63) is 29.2 Å². The van der Waals surface area contributed by atoms with Gasteiger partial charge in [-0.3, -0.25) is 4.90 Å². The maximum Gasteiger partial charge on any atom is 0.154 e. The van der Waals surface area contributed by atoms with Crippen LogP contribution in [-0.2, 0) is 13.6 Å². The Labute approximate surface area is 112 Å². The Kier molecular flexibility index (Phi) is 3.10. The summed E-state index contributed by atoms with van der Waals surface area (Å²) in [6.45, 7) is 5.80. The molecule has 1 unspecified atom stereocenters. The standard InChI is InChI=1S/C13H19N5O/c1-9-7-12(19-16-9)11-5-4-6-18(11)8-13-15-14-10(2)17(13)3/h7,11H,4-6,8H2,1-3H3. The molecule has 3 rings (SSSR count). The molecular formula is C13H19N5O. The highest BCUT2D eigenvalue weighted by Gasteiger charge is 2.30. The van der Waals surface area contributed by atoms with Crippen LogP contribution in [0.2, 0.25) is 0 Å². The van der Waals surface area contributed by atoms with Crippen LogP contribution in [0.1, 0.15) is 42.0 Å². The van der Waals surface area contributed by atoms with Gasteiger partial charge in [0.2, 0.25) is 0 Å². The first kappa shape index (κ1) is 12.3. The minimum atomic E-state index is 0.318. The van der Waals surface area contributed by atoms with Crippen molar-refractivity contribution in [3.63, 3.8) is 0 Å². The molecule has 19 heavy (non-hydrogen) atoms. The lowest BCUT2D eigenvalue weighted by molar-refractivity contribution is 0.200. The van der Waals surface area contributed by atoms with Crippen molar-refractivity contribution in [2.24, 2.45) is 7.05 Å². The fraction of sp³-hybridized carbons (Fsp3) is 0.615. The highest BCUT2D eigenvalue weighted by atomic mass is 16.5. The van der Waals surface area contributed by atoms with E-state index < -0.39 is 0 Å². The van der Waals surface area contributed by atoms with Gasteiger partial charge in [0.05, 0.1) is 18.3 Å². The molecule has 102 valence electrons. The average Bonchev–Trinajstić information content (AvgIpc) is 3.07. The lowest BCUT2D eigenvalue weighted by Gasteiger charge is -2.21. The minimum absolute atomic E-state index is 0.318.